The molecule has 11 heteroatoms. The van der Waals surface area contributed by atoms with Crippen molar-refractivity contribution < 1.29 is 9.53 Å². The van der Waals surface area contributed by atoms with E-state index in [9.17, 15) is 9.59 Å². The number of tetrazole rings is 1. The van der Waals surface area contributed by atoms with Crippen molar-refractivity contribution in [2.45, 2.75) is 33.1 Å². The maximum atomic E-state index is 13.4. The van der Waals surface area contributed by atoms with Gasteiger partial charge in [0.2, 0.25) is 0 Å². The predicted octanol–water partition coefficient (Wildman–Crippen LogP) is 1.45. The van der Waals surface area contributed by atoms with Crippen molar-refractivity contribution >= 4 is 28.0 Å². The van der Waals surface area contributed by atoms with Crippen LogP contribution in [-0.2, 0) is 35.7 Å². The number of esters is 1. The van der Waals surface area contributed by atoms with Gasteiger partial charge in [-0.1, -0.05) is 24.3 Å². The number of hydrogen-bond acceptors (Lipinski definition) is 7. The van der Waals surface area contributed by atoms with Crippen LogP contribution in [0.3, 0.4) is 0 Å². The lowest BCUT2D eigenvalue weighted by Gasteiger charge is -2.09. The highest BCUT2D eigenvalue weighted by Crippen LogP contribution is 2.19. The minimum Gasteiger partial charge on any atom is -0.465 e. The molecule has 168 valence electrons. The summed E-state index contributed by atoms with van der Waals surface area (Å²) in [4.78, 5) is 31.8. The molecule has 0 amide bonds. The number of rotatable bonds is 8. The van der Waals surface area contributed by atoms with Gasteiger partial charge >= 0.3 is 11.7 Å². The molecule has 0 aliphatic rings. The largest absolute Gasteiger partial charge is 0.465 e. The van der Waals surface area contributed by atoms with Crippen LogP contribution in [0.2, 0.25) is 0 Å². The van der Waals surface area contributed by atoms with Crippen molar-refractivity contribution in [1.29, 1.82) is 0 Å². The van der Waals surface area contributed by atoms with E-state index in [4.69, 9.17) is 9.72 Å². The lowest BCUT2D eigenvalue weighted by molar-refractivity contribution is -0.143. The van der Waals surface area contributed by atoms with E-state index in [2.05, 4.69) is 20.0 Å². The summed E-state index contributed by atoms with van der Waals surface area (Å²) in [6, 6.07) is 15.2. The number of fused-ring (bicyclic) bond motifs is 2. The number of ether oxygens (including phenoxy) is 1. The Hall–Kier alpha value is -4.28. The van der Waals surface area contributed by atoms with Crippen molar-refractivity contribution in [2.75, 3.05) is 6.61 Å². The summed E-state index contributed by atoms with van der Waals surface area (Å²) in [7, 11) is 0. The molecule has 0 N–H and O–H groups in total. The fraction of sp³-hybridized carbons (Fsp3) is 0.273. The molecule has 5 aromatic rings. The van der Waals surface area contributed by atoms with Gasteiger partial charge in [0.1, 0.15) is 12.4 Å². The zero-order valence-corrected chi connectivity index (χ0v) is 18.0. The summed E-state index contributed by atoms with van der Waals surface area (Å²) in [5, 5.41) is 11.7. The van der Waals surface area contributed by atoms with Crippen LogP contribution in [0.25, 0.3) is 22.1 Å². The van der Waals surface area contributed by atoms with Crippen LogP contribution in [0.15, 0.2) is 59.7 Å². The van der Waals surface area contributed by atoms with Crippen molar-refractivity contribution in [1.82, 2.24) is 38.9 Å². The highest BCUT2D eigenvalue weighted by atomic mass is 16.5. The summed E-state index contributed by atoms with van der Waals surface area (Å²) in [5.74, 6) is 0.271. The Morgan fingerprint density at radius 2 is 1.67 bits per heavy atom. The number of benzene rings is 2. The van der Waals surface area contributed by atoms with E-state index in [-0.39, 0.29) is 25.4 Å². The van der Waals surface area contributed by atoms with Crippen LogP contribution >= 0.6 is 0 Å². The Labute approximate surface area is 187 Å². The number of nitrogens with zero attached hydrogens (tertiary/aromatic N) is 8. The third-order valence-corrected chi connectivity index (χ3v) is 5.47. The van der Waals surface area contributed by atoms with E-state index < -0.39 is 5.97 Å². The Morgan fingerprint density at radius 1 is 0.939 bits per heavy atom. The Bertz CT molecular complexity index is 1480. The molecule has 0 bridgehead atoms. The van der Waals surface area contributed by atoms with Crippen molar-refractivity contribution in [3.63, 3.8) is 0 Å². The van der Waals surface area contributed by atoms with Crippen LogP contribution in [0.4, 0.5) is 0 Å². The first-order chi connectivity index (χ1) is 16.2. The summed E-state index contributed by atoms with van der Waals surface area (Å²) < 4.78 is 10.2. The van der Waals surface area contributed by atoms with E-state index in [1.165, 1.54) is 15.7 Å². The van der Waals surface area contributed by atoms with Crippen LogP contribution in [0, 0.1) is 0 Å². The van der Waals surface area contributed by atoms with Gasteiger partial charge < -0.3 is 9.30 Å². The molecule has 3 heterocycles. The number of hydrogen-bond donors (Lipinski definition) is 0. The number of carbonyl (C=O) groups is 1. The first-order valence-corrected chi connectivity index (χ1v) is 10.6. The minimum absolute atomic E-state index is 0.144. The van der Waals surface area contributed by atoms with Crippen LogP contribution in [-0.4, -0.2) is 51.5 Å². The summed E-state index contributed by atoms with van der Waals surface area (Å²) in [5.41, 5.74) is 2.90. The highest BCUT2D eigenvalue weighted by Gasteiger charge is 2.19. The Balaban J connectivity index is 1.56. The molecule has 0 saturated carbocycles. The standard InChI is InChI=1S/C22H22N8O3/c1-2-33-21(31)14-29-19-10-6-5-9-18(19)28(22(29)32)13-20-25-16-7-3-4-8-17(16)27(20)11-12-30-24-15-23-26-30/h3-10,15H,2,11-14H2,1H3. The van der Waals surface area contributed by atoms with Gasteiger partial charge in [-0.15, -0.1) is 10.2 Å². The van der Waals surface area contributed by atoms with E-state index in [0.717, 1.165) is 22.4 Å². The quantitative estimate of drug-likeness (QED) is 0.331. The van der Waals surface area contributed by atoms with Gasteiger partial charge in [-0.25, -0.2) is 9.78 Å². The topological polar surface area (TPSA) is 115 Å². The number of para-hydroxylation sites is 4. The van der Waals surface area contributed by atoms with Crippen LogP contribution in [0.5, 0.6) is 0 Å². The summed E-state index contributed by atoms with van der Waals surface area (Å²) >= 11 is 0. The molecule has 0 radical (unpaired) electrons. The second kappa shape index (κ2) is 8.69. The molecule has 0 unspecified atom stereocenters. The van der Waals surface area contributed by atoms with Gasteiger partial charge in [0, 0.05) is 6.54 Å². The summed E-state index contributed by atoms with van der Waals surface area (Å²) in [6.07, 6.45) is 1.39. The Morgan fingerprint density at radius 3 is 2.39 bits per heavy atom. The molecule has 0 saturated heterocycles. The molecule has 0 aliphatic carbocycles. The number of aryl methyl sites for hydroxylation is 2. The lowest BCUT2D eigenvalue weighted by atomic mass is 10.3. The molecule has 0 atom stereocenters. The highest BCUT2D eigenvalue weighted by molar-refractivity contribution is 5.79. The average Bonchev–Trinajstić information content (AvgIpc) is 3.52. The second-order valence-corrected chi connectivity index (χ2v) is 7.45. The summed E-state index contributed by atoms with van der Waals surface area (Å²) in [6.45, 7) is 3.17. The molecule has 5 rings (SSSR count). The fourth-order valence-electron chi connectivity index (χ4n) is 4.03. The van der Waals surface area contributed by atoms with E-state index in [0.29, 0.717) is 18.6 Å². The SMILES string of the molecule is CCOC(=O)Cn1c(=O)n(Cc2nc3ccccc3n2CCn2ncnn2)c2ccccc21. The molecular weight excluding hydrogens is 424 g/mol. The third kappa shape index (κ3) is 3.88. The van der Waals surface area contributed by atoms with Gasteiger partial charge in [-0.2, -0.15) is 4.80 Å². The lowest BCUT2D eigenvalue weighted by Crippen LogP contribution is -2.29. The van der Waals surface area contributed by atoms with Crippen molar-refractivity contribution in [3.8, 4) is 0 Å². The molecule has 33 heavy (non-hydrogen) atoms. The minimum atomic E-state index is -0.449. The van der Waals surface area contributed by atoms with Gasteiger partial charge in [-0.05, 0) is 36.4 Å². The number of carbonyl (C=O) groups excluding carboxylic acids is 1. The molecule has 0 fully saturated rings. The molecular formula is C22H22N8O3. The van der Waals surface area contributed by atoms with Crippen LogP contribution < -0.4 is 5.69 Å². The van der Waals surface area contributed by atoms with Crippen molar-refractivity contribution in [3.05, 3.63) is 71.2 Å². The van der Waals surface area contributed by atoms with Gasteiger partial charge in [0.25, 0.3) is 0 Å². The third-order valence-electron chi connectivity index (χ3n) is 5.47. The van der Waals surface area contributed by atoms with E-state index in [1.54, 1.807) is 11.5 Å². The van der Waals surface area contributed by atoms with Gasteiger partial charge in [-0.3, -0.25) is 13.9 Å². The maximum absolute atomic E-state index is 13.4. The van der Waals surface area contributed by atoms with Gasteiger partial charge in [0.05, 0.1) is 41.8 Å². The predicted molar refractivity (Wildman–Crippen MR) is 119 cm³/mol. The first kappa shape index (κ1) is 20.6. The second-order valence-electron chi connectivity index (χ2n) is 7.45. The molecule has 2 aromatic carbocycles. The van der Waals surface area contributed by atoms with Gasteiger partial charge in [0.15, 0.2) is 6.33 Å². The molecule has 0 spiro atoms. The maximum Gasteiger partial charge on any atom is 0.330 e. The zero-order valence-electron chi connectivity index (χ0n) is 18.0. The normalized spacial score (nSPS) is 11.4. The molecule has 11 nitrogen and oxygen atoms in total. The zero-order chi connectivity index (χ0) is 22.8. The van der Waals surface area contributed by atoms with Crippen LogP contribution in [0.1, 0.15) is 12.7 Å². The average molecular weight is 446 g/mol. The molecule has 0 aliphatic heterocycles. The van der Waals surface area contributed by atoms with E-state index in [1.807, 2.05) is 48.5 Å². The Kier molecular flexibility index (Phi) is 5.43. The smallest absolute Gasteiger partial charge is 0.330 e. The molecule has 3 aromatic heterocycles. The van der Waals surface area contributed by atoms with Crippen molar-refractivity contribution in [2.24, 2.45) is 0 Å². The first-order valence-electron chi connectivity index (χ1n) is 10.6. The number of aromatic nitrogens is 8. The monoisotopic (exact) mass is 446 g/mol. The number of imidazole rings is 2. The fourth-order valence-corrected chi connectivity index (χ4v) is 4.03. The van der Waals surface area contributed by atoms with E-state index >= 15 is 0 Å².